The van der Waals surface area contributed by atoms with Gasteiger partial charge in [-0.3, -0.25) is 4.89 Å². The lowest BCUT2D eigenvalue weighted by atomic mass is 10.2. The first-order valence-electron chi connectivity index (χ1n) is 4.75. The fourth-order valence-electron chi connectivity index (χ4n) is 0.938. The van der Waals surface area contributed by atoms with E-state index in [1.54, 1.807) is 0 Å². The Kier molecular flexibility index (Phi) is 7.22. The van der Waals surface area contributed by atoms with Gasteiger partial charge in [0.1, 0.15) is 5.75 Å². The van der Waals surface area contributed by atoms with Crippen LogP contribution in [0.4, 0.5) is 0 Å². The van der Waals surface area contributed by atoms with Gasteiger partial charge in [-0.1, -0.05) is 4.33 Å². The molecule has 0 bridgehead atoms. The van der Waals surface area contributed by atoms with Crippen LogP contribution in [0.1, 0.15) is 26.2 Å². The molecule has 0 radical (unpaired) electrons. The highest BCUT2D eigenvalue weighted by Gasteiger charge is 2.20. The topological polar surface area (TPSA) is 110 Å². The van der Waals surface area contributed by atoms with Crippen LogP contribution < -0.4 is 0 Å². The third-order valence-electron chi connectivity index (χ3n) is 1.60. The van der Waals surface area contributed by atoms with Gasteiger partial charge in [0.25, 0.3) is 0 Å². The Bertz CT molecular complexity index is 298. The van der Waals surface area contributed by atoms with Crippen LogP contribution in [0.3, 0.4) is 0 Å². The maximum Gasteiger partial charge on any atom is 0.340 e. The molecule has 1 atom stereocenters. The van der Waals surface area contributed by atoms with E-state index in [2.05, 4.69) is 9.22 Å². The van der Waals surface area contributed by atoms with E-state index >= 15 is 0 Å². The van der Waals surface area contributed by atoms with Gasteiger partial charge < -0.3 is 10.2 Å². The second-order valence-corrected chi connectivity index (χ2v) is 4.83. The van der Waals surface area contributed by atoms with Crippen LogP contribution in [0.15, 0.2) is 0 Å². The predicted molar refractivity (Wildman–Crippen MR) is 53.6 cm³/mol. The van der Waals surface area contributed by atoms with Crippen molar-refractivity contribution in [1.82, 2.24) is 0 Å². The number of rotatable bonds is 8. The number of carbonyl (C=O) groups is 1. The summed E-state index contributed by atoms with van der Waals surface area (Å²) < 4.78 is 26.0. The first kappa shape index (κ1) is 15.3. The van der Waals surface area contributed by atoms with Crippen molar-refractivity contribution in [1.29, 1.82) is 0 Å². The fourth-order valence-corrected chi connectivity index (χ4v) is 1.83. The molecule has 0 amide bonds. The molecular formula is C8H16O7S. The van der Waals surface area contributed by atoms with Crippen LogP contribution >= 0.6 is 0 Å². The molecule has 2 N–H and O–H groups in total. The van der Waals surface area contributed by atoms with Gasteiger partial charge in [0.2, 0.25) is 0 Å². The molecule has 96 valence electrons. The molecule has 0 aliphatic heterocycles. The van der Waals surface area contributed by atoms with Gasteiger partial charge in [-0.05, 0) is 19.3 Å². The minimum atomic E-state index is -4.07. The van der Waals surface area contributed by atoms with Gasteiger partial charge in [-0.15, -0.1) is 0 Å². The Morgan fingerprint density at radius 1 is 1.38 bits per heavy atom. The van der Waals surface area contributed by atoms with E-state index in [9.17, 15) is 18.3 Å². The highest BCUT2D eigenvalue weighted by molar-refractivity contribution is 7.86. The molecule has 1 unspecified atom stereocenters. The van der Waals surface area contributed by atoms with E-state index in [1.165, 1.54) is 0 Å². The maximum atomic E-state index is 11.1. The van der Waals surface area contributed by atoms with Crippen LogP contribution in [0.25, 0.3) is 0 Å². The first-order valence-corrected chi connectivity index (χ1v) is 6.33. The second-order valence-electron chi connectivity index (χ2n) is 3.24. The lowest BCUT2D eigenvalue weighted by molar-refractivity contribution is -0.208. The molecule has 8 heteroatoms. The predicted octanol–water partition coefficient (Wildman–Crippen LogP) is -0.666. The van der Waals surface area contributed by atoms with E-state index < -0.39 is 27.9 Å². The molecule has 0 heterocycles. The Balaban J connectivity index is 3.91. The highest BCUT2D eigenvalue weighted by atomic mass is 32.2. The summed E-state index contributed by atoms with van der Waals surface area (Å²) >= 11 is 0. The fraction of sp³-hybridized carbons (Fsp3) is 0.875. The molecule has 0 aromatic carbocycles. The summed E-state index contributed by atoms with van der Waals surface area (Å²) in [6.45, 7) is 0.983. The average molecular weight is 256 g/mol. The third-order valence-corrected chi connectivity index (χ3v) is 2.67. The molecule has 0 aliphatic rings. The van der Waals surface area contributed by atoms with Crippen LogP contribution in [0.5, 0.6) is 0 Å². The molecule has 0 saturated carbocycles. The number of hydrogen-bond donors (Lipinski definition) is 2. The summed E-state index contributed by atoms with van der Waals surface area (Å²) in [6, 6.07) is 0. The molecule has 0 rings (SSSR count). The summed E-state index contributed by atoms with van der Waals surface area (Å²) in [5, 5.41) is 17.8. The Labute approximate surface area is 94.0 Å². The number of aliphatic hydroxyl groups is 2. The van der Waals surface area contributed by atoms with Crippen LogP contribution in [-0.2, 0) is 24.1 Å². The Hall–Kier alpha value is -0.700. The standard InChI is InChI=1S/C8H16O7S/c1-7(10)14-15-16(12,13)6-8(11)4-2-3-5-9/h8-9,11H,2-6H2,1H3. The summed E-state index contributed by atoms with van der Waals surface area (Å²) in [5.74, 6) is -1.54. The van der Waals surface area contributed by atoms with Crippen molar-refractivity contribution in [2.45, 2.75) is 32.3 Å². The summed E-state index contributed by atoms with van der Waals surface area (Å²) in [7, 11) is -4.07. The van der Waals surface area contributed by atoms with Crippen molar-refractivity contribution in [3.63, 3.8) is 0 Å². The van der Waals surface area contributed by atoms with Crippen molar-refractivity contribution < 1.29 is 32.6 Å². The summed E-state index contributed by atoms with van der Waals surface area (Å²) in [5.41, 5.74) is 0. The van der Waals surface area contributed by atoms with Crippen molar-refractivity contribution in [3.05, 3.63) is 0 Å². The SMILES string of the molecule is CC(=O)OOS(=O)(=O)CC(O)CCCCO. The van der Waals surface area contributed by atoms with Crippen molar-refractivity contribution in [2.24, 2.45) is 0 Å². The van der Waals surface area contributed by atoms with Gasteiger partial charge in [0, 0.05) is 13.5 Å². The zero-order valence-electron chi connectivity index (χ0n) is 8.96. The molecule has 0 saturated heterocycles. The average Bonchev–Trinajstić information content (AvgIpc) is 2.15. The molecular weight excluding hydrogens is 240 g/mol. The Morgan fingerprint density at radius 3 is 2.50 bits per heavy atom. The lowest BCUT2D eigenvalue weighted by Gasteiger charge is -2.09. The summed E-state index contributed by atoms with van der Waals surface area (Å²) in [6.07, 6.45) is 0.110. The van der Waals surface area contributed by atoms with Gasteiger partial charge in [0.05, 0.1) is 6.10 Å². The van der Waals surface area contributed by atoms with Crippen LogP contribution in [-0.4, -0.2) is 43.1 Å². The monoisotopic (exact) mass is 256 g/mol. The molecule has 0 spiro atoms. The van der Waals surface area contributed by atoms with Gasteiger partial charge in [-0.2, -0.15) is 8.42 Å². The maximum absolute atomic E-state index is 11.1. The van der Waals surface area contributed by atoms with E-state index in [4.69, 9.17) is 5.11 Å². The van der Waals surface area contributed by atoms with E-state index in [-0.39, 0.29) is 13.0 Å². The highest BCUT2D eigenvalue weighted by Crippen LogP contribution is 2.05. The molecule has 0 aromatic heterocycles. The van der Waals surface area contributed by atoms with Crippen LogP contribution in [0.2, 0.25) is 0 Å². The smallest absolute Gasteiger partial charge is 0.340 e. The Morgan fingerprint density at radius 2 is 2.00 bits per heavy atom. The minimum absolute atomic E-state index is 0.0105. The van der Waals surface area contributed by atoms with Gasteiger partial charge in [-0.25, -0.2) is 4.79 Å². The van der Waals surface area contributed by atoms with Crippen molar-refractivity contribution in [2.75, 3.05) is 12.4 Å². The van der Waals surface area contributed by atoms with Gasteiger partial charge >= 0.3 is 16.1 Å². The number of hydrogen-bond acceptors (Lipinski definition) is 7. The zero-order chi connectivity index (χ0) is 12.6. The van der Waals surface area contributed by atoms with Crippen molar-refractivity contribution in [3.8, 4) is 0 Å². The first-order chi connectivity index (χ1) is 7.37. The molecule has 0 fully saturated rings. The molecule has 0 aliphatic carbocycles. The van der Waals surface area contributed by atoms with Gasteiger partial charge in [0.15, 0.2) is 0 Å². The summed E-state index contributed by atoms with van der Waals surface area (Å²) in [4.78, 5) is 14.1. The molecule has 7 nitrogen and oxygen atoms in total. The van der Waals surface area contributed by atoms with Crippen LogP contribution in [0, 0.1) is 0 Å². The number of unbranched alkanes of at least 4 members (excludes halogenated alkanes) is 1. The largest absolute Gasteiger partial charge is 0.396 e. The number of aliphatic hydroxyl groups excluding tert-OH is 2. The lowest BCUT2D eigenvalue weighted by Crippen LogP contribution is -2.23. The van der Waals surface area contributed by atoms with Crippen molar-refractivity contribution >= 4 is 16.1 Å². The number of carbonyl (C=O) groups excluding carboxylic acids is 1. The van der Waals surface area contributed by atoms with E-state index in [0.717, 1.165) is 6.92 Å². The molecule has 16 heavy (non-hydrogen) atoms. The molecule has 0 aromatic rings. The third kappa shape index (κ3) is 8.60. The van der Waals surface area contributed by atoms with E-state index in [1.807, 2.05) is 0 Å². The zero-order valence-corrected chi connectivity index (χ0v) is 9.77. The second kappa shape index (κ2) is 7.55. The normalized spacial score (nSPS) is 13.4. The quantitative estimate of drug-likeness (QED) is 0.337. The minimum Gasteiger partial charge on any atom is -0.396 e. The van der Waals surface area contributed by atoms with E-state index in [0.29, 0.717) is 12.8 Å².